The number of benzene rings is 2. The molecular formula is C15H14N2O4. The number of non-ortho nitro benzene ring substituents is 1. The summed E-state index contributed by atoms with van der Waals surface area (Å²) in [6.45, 7) is 1.91. The molecule has 0 bridgehead atoms. The Balaban J connectivity index is 2.10. The number of nitro groups is 1. The van der Waals surface area contributed by atoms with Crippen LogP contribution >= 0.6 is 0 Å². The van der Waals surface area contributed by atoms with Crippen LogP contribution in [0.3, 0.4) is 0 Å². The van der Waals surface area contributed by atoms with Crippen LogP contribution in [0, 0.1) is 17.0 Å². The Bertz CT molecular complexity index is 698. The number of aryl methyl sites for hydroxylation is 1. The minimum absolute atomic E-state index is 0.152. The standard InChI is InChI=1S/C15H14N2O4/c1-10-4-2-3-5-11(10)8-15(19)16-13-7-6-12(17(20)21)9-14(13)18/h2-7,9,18H,8H2,1H3,(H,16,19). The highest BCUT2D eigenvalue weighted by Gasteiger charge is 2.12. The van der Waals surface area contributed by atoms with Gasteiger partial charge in [-0.3, -0.25) is 14.9 Å². The van der Waals surface area contributed by atoms with E-state index in [4.69, 9.17) is 0 Å². The maximum Gasteiger partial charge on any atom is 0.273 e. The van der Waals surface area contributed by atoms with Crippen molar-refractivity contribution >= 4 is 17.3 Å². The summed E-state index contributed by atoms with van der Waals surface area (Å²) in [6.07, 6.45) is 0.170. The van der Waals surface area contributed by atoms with Gasteiger partial charge >= 0.3 is 0 Å². The van der Waals surface area contributed by atoms with E-state index in [9.17, 15) is 20.0 Å². The molecule has 0 spiro atoms. The van der Waals surface area contributed by atoms with Gasteiger partial charge in [-0.25, -0.2) is 0 Å². The fourth-order valence-electron chi connectivity index (χ4n) is 1.92. The summed E-state index contributed by atoms with van der Waals surface area (Å²) < 4.78 is 0. The number of aromatic hydroxyl groups is 1. The lowest BCUT2D eigenvalue weighted by atomic mass is 10.1. The number of anilines is 1. The summed E-state index contributed by atoms with van der Waals surface area (Å²) in [4.78, 5) is 21.9. The Morgan fingerprint density at radius 1 is 1.29 bits per heavy atom. The first kappa shape index (κ1) is 14.5. The van der Waals surface area contributed by atoms with E-state index in [1.165, 1.54) is 12.1 Å². The highest BCUT2D eigenvalue weighted by Crippen LogP contribution is 2.27. The summed E-state index contributed by atoms with van der Waals surface area (Å²) >= 11 is 0. The van der Waals surface area contributed by atoms with Crippen molar-refractivity contribution in [3.8, 4) is 5.75 Å². The van der Waals surface area contributed by atoms with Crippen molar-refractivity contribution in [1.82, 2.24) is 0 Å². The van der Waals surface area contributed by atoms with Crippen LogP contribution in [0.5, 0.6) is 5.75 Å². The topological polar surface area (TPSA) is 92.5 Å². The third kappa shape index (κ3) is 3.56. The van der Waals surface area contributed by atoms with Gasteiger partial charge in [0.1, 0.15) is 5.75 Å². The maximum atomic E-state index is 11.9. The number of rotatable bonds is 4. The molecule has 0 aliphatic heterocycles. The fourth-order valence-corrected chi connectivity index (χ4v) is 1.92. The lowest BCUT2D eigenvalue weighted by molar-refractivity contribution is -0.384. The van der Waals surface area contributed by atoms with Crippen molar-refractivity contribution in [3.05, 3.63) is 63.7 Å². The molecule has 0 aliphatic rings. The van der Waals surface area contributed by atoms with Crippen LogP contribution in [0.4, 0.5) is 11.4 Å². The van der Waals surface area contributed by atoms with Crippen molar-refractivity contribution < 1.29 is 14.8 Å². The fraction of sp³-hybridized carbons (Fsp3) is 0.133. The first-order chi connectivity index (χ1) is 9.97. The average Bonchev–Trinajstić information content (AvgIpc) is 2.43. The average molecular weight is 286 g/mol. The number of phenolic OH excluding ortho intramolecular Hbond substituents is 1. The Morgan fingerprint density at radius 3 is 2.62 bits per heavy atom. The molecule has 0 aliphatic carbocycles. The Labute approximate surface area is 121 Å². The molecule has 0 unspecified atom stereocenters. The predicted molar refractivity (Wildman–Crippen MR) is 78.3 cm³/mol. The second-order valence-corrected chi connectivity index (χ2v) is 4.61. The van der Waals surface area contributed by atoms with Gasteiger partial charge in [0.05, 0.1) is 23.1 Å². The van der Waals surface area contributed by atoms with Gasteiger partial charge in [-0.1, -0.05) is 24.3 Å². The molecule has 0 saturated carbocycles. The van der Waals surface area contributed by atoms with E-state index in [0.29, 0.717) is 0 Å². The number of nitrogens with zero attached hydrogens (tertiary/aromatic N) is 1. The molecule has 0 heterocycles. The zero-order chi connectivity index (χ0) is 15.4. The van der Waals surface area contributed by atoms with Gasteiger partial charge in [0, 0.05) is 6.07 Å². The lowest BCUT2D eigenvalue weighted by Gasteiger charge is -2.08. The maximum absolute atomic E-state index is 11.9. The molecule has 108 valence electrons. The smallest absolute Gasteiger partial charge is 0.273 e. The SMILES string of the molecule is Cc1ccccc1CC(=O)Nc1ccc([N+](=O)[O-])cc1O. The van der Waals surface area contributed by atoms with Gasteiger partial charge in [0.2, 0.25) is 5.91 Å². The molecule has 6 heteroatoms. The van der Waals surface area contributed by atoms with E-state index in [1.54, 1.807) is 0 Å². The Hall–Kier alpha value is -2.89. The van der Waals surface area contributed by atoms with E-state index < -0.39 is 4.92 Å². The largest absolute Gasteiger partial charge is 0.506 e. The van der Waals surface area contributed by atoms with Gasteiger partial charge in [-0.05, 0) is 24.1 Å². The normalized spacial score (nSPS) is 10.1. The van der Waals surface area contributed by atoms with Crippen molar-refractivity contribution in [3.63, 3.8) is 0 Å². The molecular weight excluding hydrogens is 272 g/mol. The zero-order valence-electron chi connectivity index (χ0n) is 11.4. The number of nitro benzene ring substituents is 1. The van der Waals surface area contributed by atoms with E-state index >= 15 is 0 Å². The predicted octanol–water partition coefficient (Wildman–Crippen LogP) is 2.79. The molecule has 0 aromatic heterocycles. The molecule has 6 nitrogen and oxygen atoms in total. The van der Waals surface area contributed by atoms with Gasteiger partial charge < -0.3 is 10.4 Å². The van der Waals surface area contributed by atoms with Crippen molar-refractivity contribution in [2.24, 2.45) is 0 Å². The van der Waals surface area contributed by atoms with Crippen LogP contribution in [0.15, 0.2) is 42.5 Å². The number of nitrogens with one attached hydrogen (secondary N) is 1. The first-order valence-corrected chi connectivity index (χ1v) is 6.29. The van der Waals surface area contributed by atoms with Crippen LogP contribution in [0.1, 0.15) is 11.1 Å². The van der Waals surface area contributed by atoms with Gasteiger partial charge in [-0.2, -0.15) is 0 Å². The van der Waals surface area contributed by atoms with Crippen molar-refractivity contribution in [1.29, 1.82) is 0 Å². The number of amides is 1. The second-order valence-electron chi connectivity index (χ2n) is 4.61. The number of phenols is 1. The third-order valence-electron chi connectivity index (χ3n) is 3.08. The van der Waals surface area contributed by atoms with E-state index in [2.05, 4.69) is 5.32 Å². The molecule has 21 heavy (non-hydrogen) atoms. The van der Waals surface area contributed by atoms with Crippen LogP contribution in [0.25, 0.3) is 0 Å². The summed E-state index contributed by atoms with van der Waals surface area (Å²) in [7, 11) is 0. The van der Waals surface area contributed by atoms with E-state index in [-0.39, 0.29) is 29.5 Å². The summed E-state index contributed by atoms with van der Waals surface area (Å²) in [5, 5.41) is 22.8. The summed E-state index contributed by atoms with van der Waals surface area (Å²) in [6, 6.07) is 11.0. The number of carbonyl (C=O) groups excluding carboxylic acids is 1. The molecule has 0 radical (unpaired) electrons. The summed E-state index contributed by atoms with van der Waals surface area (Å²) in [5.41, 5.74) is 1.81. The van der Waals surface area contributed by atoms with E-state index in [1.807, 2.05) is 31.2 Å². The van der Waals surface area contributed by atoms with Crippen LogP contribution in [0.2, 0.25) is 0 Å². The van der Waals surface area contributed by atoms with Crippen LogP contribution < -0.4 is 5.32 Å². The van der Waals surface area contributed by atoms with Gasteiger partial charge in [0.15, 0.2) is 0 Å². The molecule has 2 aromatic rings. The highest BCUT2D eigenvalue weighted by molar-refractivity contribution is 5.94. The quantitative estimate of drug-likeness (QED) is 0.513. The Morgan fingerprint density at radius 2 is 2.00 bits per heavy atom. The molecule has 2 aromatic carbocycles. The van der Waals surface area contributed by atoms with Gasteiger partial charge in [-0.15, -0.1) is 0 Å². The monoisotopic (exact) mass is 286 g/mol. The number of carbonyl (C=O) groups is 1. The zero-order valence-corrected chi connectivity index (χ0v) is 11.4. The summed E-state index contributed by atoms with van der Waals surface area (Å²) in [5.74, 6) is -0.629. The van der Waals surface area contributed by atoms with Crippen molar-refractivity contribution in [2.45, 2.75) is 13.3 Å². The first-order valence-electron chi connectivity index (χ1n) is 6.29. The molecule has 0 saturated heterocycles. The molecule has 2 N–H and O–H groups in total. The second kappa shape index (κ2) is 6.04. The van der Waals surface area contributed by atoms with E-state index in [0.717, 1.165) is 17.2 Å². The van der Waals surface area contributed by atoms with Crippen LogP contribution in [-0.4, -0.2) is 15.9 Å². The highest BCUT2D eigenvalue weighted by atomic mass is 16.6. The molecule has 0 fully saturated rings. The Kier molecular flexibility index (Phi) is 4.18. The number of hydrogen-bond acceptors (Lipinski definition) is 4. The van der Waals surface area contributed by atoms with Crippen LogP contribution in [-0.2, 0) is 11.2 Å². The molecule has 1 amide bonds. The molecule has 0 atom stereocenters. The molecule has 2 rings (SSSR count). The van der Waals surface area contributed by atoms with Crippen molar-refractivity contribution in [2.75, 3.05) is 5.32 Å². The number of hydrogen-bond donors (Lipinski definition) is 2. The van der Waals surface area contributed by atoms with Gasteiger partial charge in [0.25, 0.3) is 5.69 Å². The third-order valence-corrected chi connectivity index (χ3v) is 3.08. The minimum atomic E-state index is -0.612. The minimum Gasteiger partial charge on any atom is -0.506 e. The lowest BCUT2D eigenvalue weighted by Crippen LogP contribution is -2.15.